The summed E-state index contributed by atoms with van der Waals surface area (Å²) in [5.41, 5.74) is 1.62. The maximum atomic E-state index is 14.5. The first-order valence-corrected chi connectivity index (χ1v) is 7.46. The van der Waals surface area contributed by atoms with Crippen LogP contribution in [0, 0.1) is 0 Å². The van der Waals surface area contributed by atoms with Gasteiger partial charge in [-0.3, -0.25) is 0 Å². The third-order valence-electron chi connectivity index (χ3n) is 4.29. The highest BCUT2D eigenvalue weighted by atomic mass is 19.3. The molecule has 23 heavy (non-hydrogen) atoms. The van der Waals surface area contributed by atoms with Crippen molar-refractivity contribution in [2.75, 3.05) is 13.2 Å². The number of hydrogen-bond acceptors (Lipinski definition) is 4. The molecule has 6 nitrogen and oxygen atoms in total. The molecule has 2 atom stereocenters. The third-order valence-corrected chi connectivity index (χ3v) is 4.29. The van der Waals surface area contributed by atoms with Crippen LogP contribution >= 0.6 is 0 Å². The first-order valence-electron chi connectivity index (χ1n) is 7.46. The minimum Gasteiger partial charge on any atom is -0.385 e. The number of aliphatic hydroxyl groups is 1. The molecule has 0 radical (unpaired) electrons. The fraction of sp³-hybridized carbons (Fsp3) is 0.467. The number of pyridine rings is 1. The van der Waals surface area contributed by atoms with Crippen molar-refractivity contribution in [1.29, 1.82) is 0 Å². The number of nitrogens with one attached hydrogen (secondary N) is 1. The number of rotatable bonds is 2. The standard InChI is InChI=1S/C15H16F2N4O2/c1-8(22)14-20-10-6-19-13-9(2-4-18-13)12(10)21(14)11-7-23-5-3-15(11,16)17/h2,4,6,8,11,22H,3,5,7H2,1H3,(H,18,19)/t8-,11-/m1/s1. The van der Waals surface area contributed by atoms with Crippen LogP contribution in [-0.4, -0.2) is 43.8 Å². The Morgan fingerprint density at radius 2 is 2.35 bits per heavy atom. The Bertz CT molecular complexity index is 871. The van der Waals surface area contributed by atoms with Crippen molar-refractivity contribution in [1.82, 2.24) is 19.5 Å². The molecule has 1 aliphatic rings. The van der Waals surface area contributed by atoms with Gasteiger partial charge in [-0.2, -0.15) is 0 Å². The number of ether oxygens (including phenoxy) is 1. The van der Waals surface area contributed by atoms with Crippen LogP contribution < -0.4 is 0 Å². The van der Waals surface area contributed by atoms with Crippen molar-refractivity contribution < 1.29 is 18.6 Å². The quantitative estimate of drug-likeness (QED) is 0.760. The molecule has 0 bridgehead atoms. The fourth-order valence-corrected chi connectivity index (χ4v) is 3.18. The molecule has 4 rings (SSSR count). The SMILES string of the molecule is C[C@@H](O)c1nc2cnc3[nH]ccc3c2n1[C@@H]1COCCC1(F)F. The van der Waals surface area contributed by atoms with Gasteiger partial charge < -0.3 is 19.4 Å². The molecule has 0 amide bonds. The third kappa shape index (κ3) is 2.13. The number of aromatic nitrogens is 4. The smallest absolute Gasteiger partial charge is 0.272 e. The number of fused-ring (bicyclic) bond motifs is 3. The lowest BCUT2D eigenvalue weighted by Crippen LogP contribution is -2.40. The Kier molecular flexibility index (Phi) is 3.14. The highest BCUT2D eigenvalue weighted by molar-refractivity contribution is 6.01. The summed E-state index contributed by atoms with van der Waals surface area (Å²) in [5, 5.41) is 10.7. The van der Waals surface area contributed by atoms with E-state index in [0.29, 0.717) is 22.1 Å². The Morgan fingerprint density at radius 1 is 1.52 bits per heavy atom. The lowest BCUT2D eigenvalue weighted by atomic mass is 10.0. The Hall–Kier alpha value is -2.06. The summed E-state index contributed by atoms with van der Waals surface area (Å²) in [6, 6.07) is 0.572. The molecule has 1 aliphatic heterocycles. The number of nitrogens with zero attached hydrogens (tertiary/aromatic N) is 3. The van der Waals surface area contributed by atoms with Crippen molar-refractivity contribution in [2.45, 2.75) is 31.4 Å². The van der Waals surface area contributed by atoms with E-state index in [0.717, 1.165) is 0 Å². The summed E-state index contributed by atoms with van der Waals surface area (Å²) >= 11 is 0. The summed E-state index contributed by atoms with van der Waals surface area (Å²) in [6.45, 7) is 1.43. The number of halogens is 2. The highest BCUT2D eigenvalue weighted by Crippen LogP contribution is 2.40. The molecule has 0 unspecified atom stereocenters. The van der Waals surface area contributed by atoms with Crippen LogP contribution in [0.3, 0.4) is 0 Å². The van der Waals surface area contributed by atoms with Gasteiger partial charge in [0.1, 0.15) is 29.1 Å². The lowest BCUT2D eigenvalue weighted by molar-refractivity contribution is -0.133. The molecular formula is C15H16F2N4O2. The van der Waals surface area contributed by atoms with Crippen molar-refractivity contribution in [2.24, 2.45) is 0 Å². The van der Waals surface area contributed by atoms with E-state index < -0.39 is 18.1 Å². The number of hydrogen-bond donors (Lipinski definition) is 2. The second-order valence-electron chi connectivity index (χ2n) is 5.85. The van der Waals surface area contributed by atoms with E-state index in [1.54, 1.807) is 12.3 Å². The largest absolute Gasteiger partial charge is 0.385 e. The normalized spacial score (nSPS) is 22.7. The molecule has 2 N–H and O–H groups in total. The topological polar surface area (TPSA) is 76.0 Å². The number of imidazole rings is 1. The molecule has 0 aliphatic carbocycles. The van der Waals surface area contributed by atoms with Crippen LogP contribution in [0.5, 0.6) is 0 Å². The van der Waals surface area contributed by atoms with Gasteiger partial charge in [-0.05, 0) is 13.0 Å². The van der Waals surface area contributed by atoms with Gasteiger partial charge in [-0.1, -0.05) is 0 Å². The van der Waals surface area contributed by atoms with Crippen LogP contribution in [0.25, 0.3) is 22.1 Å². The van der Waals surface area contributed by atoms with Crippen molar-refractivity contribution in [3.05, 3.63) is 24.3 Å². The number of aromatic amines is 1. The van der Waals surface area contributed by atoms with Gasteiger partial charge in [0.05, 0.1) is 24.9 Å². The van der Waals surface area contributed by atoms with Crippen molar-refractivity contribution in [3.8, 4) is 0 Å². The maximum absolute atomic E-state index is 14.5. The Balaban J connectivity index is 2.06. The van der Waals surface area contributed by atoms with Crippen LogP contribution in [0.2, 0.25) is 0 Å². The predicted octanol–water partition coefficient (Wildman–Crippen LogP) is 2.56. The molecule has 4 heterocycles. The second-order valence-corrected chi connectivity index (χ2v) is 5.85. The molecule has 0 aromatic carbocycles. The first kappa shape index (κ1) is 14.5. The van der Waals surface area contributed by atoms with Crippen LogP contribution in [0.4, 0.5) is 8.78 Å². The summed E-state index contributed by atoms with van der Waals surface area (Å²) < 4.78 is 35.7. The van der Waals surface area contributed by atoms with Gasteiger partial charge in [-0.15, -0.1) is 0 Å². The number of alkyl halides is 2. The van der Waals surface area contributed by atoms with Gasteiger partial charge in [0.2, 0.25) is 0 Å². The van der Waals surface area contributed by atoms with Gasteiger partial charge in [0, 0.05) is 18.0 Å². The lowest BCUT2D eigenvalue weighted by Gasteiger charge is -2.33. The molecule has 1 saturated heterocycles. The molecule has 8 heteroatoms. The van der Waals surface area contributed by atoms with Crippen LogP contribution in [0.1, 0.15) is 31.3 Å². The number of aliphatic hydroxyl groups excluding tert-OH is 1. The van der Waals surface area contributed by atoms with Crippen molar-refractivity contribution in [3.63, 3.8) is 0 Å². The van der Waals surface area contributed by atoms with Gasteiger partial charge >= 0.3 is 0 Å². The zero-order valence-electron chi connectivity index (χ0n) is 12.5. The zero-order valence-corrected chi connectivity index (χ0v) is 12.5. The minimum atomic E-state index is -2.93. The van der Waals surface area contributed by atoms with E-state index in [2.05, 4.69) is 15.0 Å². The summed E-state index contributed by atoms with van der Waals surface area (Å²) in [7, 11) is 0. The van der Waals surface area contributed by atoms with Gasteiger partial charge in [0.15, 0.2) is 0 Å². The molecule has 3 aromatic rings. The Labute approximate surface area is 130 Å². The van der Waals surface area contributed by atoms with Crippen LogP contribution in [0.15, 0.2) is 18.5 Å². The van der Waals surface area contributed by atoms with Gasteiger partial charge in [0.25, 0.3) is 5.92 Å². The fourth-order valence-electron chi connectivity index (χ4n) is 3.18. The molecular weight excluding hydrogens is 306 g/mol. The second kappa shape index (κ2) is 4.97. The van der Waals surface area contributed by atoms with E-state index in [1.165, 1.54) is 17.7 Å². The molecule has 3 aromatic heterocycles. The van der Waals surface area contributed by atoms with Gasteiger partial charge in [-0.25, -0.2) is 18.7 Å². The summed E-state index contributed by atoms with van der Waals surface area (Å²) in [6.07, 6.45) is 1.90. The van der Waals surface area contributed by atoms with E-state index in [-0.39, 0.29) is 25.5 Å². The molecule has 122 valence electrons. The van der Waals surface area contributed by atoms with E-state index in [1.807, 2.05) is 0 Å². The maximum Gasteiger partial charge on any atom is 0.272 e. The monoisotopic (exact) mass is 322 g/mol. The predicted molar refractivity (Wildman–Crippen MR) is 79.4 cm³/mol. The van der Waals surface area contributed by atoms with E-state index in [4.69, 9.17) is 4.74 Å². The average molecular weight is 322 g/mol. The van der Waals surface area contributed by atoms with E-state index in [9.17, 15) is 13.9 Å². The van der Waals surface area contributed by atoms with E-state index >= 15 is 0 Å². The molecule has 0 saturated carbocycles. The number of H-pyrrole nitrogens is 1. The molecule has 1 fully saturated rings. The minimum absolute atomic E-state index is 0.0290. The van der Waals surface area contributed by atoms with Crippen molar-refractivity contribution >= 4 is 22.1 Å². The highest BCUT2D eigenvalue weighted by Gasteiger charge is 2.45. The Morgan fingerprint density at radius 3 is 3.09 bits per heavy atom. The molecule has 0 spiro atoms. The summed E-state index contributed by atoms with van der Waals surface area (Å²) in [5.74, 6) is -2.73. The average Bonchev–Trinajstić information content (AvgIpc) is 3.09. The first-order chi connectivity index (χ1) is 11.0. The summed E-state index contributed by atoms with van der Waals surface area (Å²) in [4.78, 5) is 11.5. The van der Waals surface area contributed by atoms with Crippen LogP contribution in [-0.2, 0) is 4.74 Å². The zero-order chi connectivity index (χ0) is 16.2.